The van der Waals surface area contributed by atoms with Crippen LogP contribution in [0.3, 0.4) is 0 Å². The molecule has 0 aromatic heterocycles. The molecule has 3 nitrogen and oxygen atoms in total. The molecule has 118 valence electrons. The molecule has 0 spiro atoms. The third-order valence-electron chi connectivity index (χ3n) is 3.68. The third-order valence-corrected chi connectivity index (χ3v) is 4.08. The monoisotopic (exact) mass is 311 g/mol. The number of nitrogens with one attached hydrogen (secondary N) is 1. The van der Waals surface area contributed by atoms with Gasteiger partial charge in [-0.3, -0.25) is 4.79 Å². The van der Waals surface area contributed by atoms with Crippen LogP contribution in [0.2, 0.25) is 5.02 Å². The summed E-state index contributed by atoms with van der Waals surface area (Å²) in [5.74, 6) is 0.0140. The van der Waals surface area contributed by atoms with Gasteiger partial charge in [0.1, 0.15) is 0 Å². The van der Waals surface area contributed by atoms with Crippen LogP contribution in [0.4, 0.5) is 0 Å². The first-order valence-electron chi connectivity index (χ1n) is 7.39. The van der Waals surface area contributed by atoms with Gasteiger partial charge in [-0.2, -0.15) is 0 Å². The molecule has 0 fully saturated rings. The van der Waals surface area contributed by atoms with Crippen LogP contribution in [0.15, 0.2) is 18.2 Å². The first-order valence-corrected chi connectivity index (χ1v) is 7.77. The third kappa shape index (κ3) is 6.06. The molecule has 1 atom stereocenters. The highest BCUT2D eigenvalue weighted by molar-refractivity contribution is 6.31. The number of aliphatic hydroxyl groups excluding tert-OH is 1. The summed E-state index contributed by atoms with van der Waals surface area (Å²) in [6, 6.07) is 5.87. The standard InChI is InChI=1S/C17H26ClNO2/c1-12-5-6-13(11-14(12)18)7-8-16(21)19-15(9-10-20)17(2,3)4/h5-6,11,15,20H,7-10H2,1-4H3,(H,19,21). The van der Waals surface area contributed by atoms with Gasteiger partial charge in [-0.05, 0) is 42.4 Å². The largest absolute Gasteiger partial charge is 0.396 e. The second kappa shape index (κ2) is 7.81. The van der Waals surface area contributed by atoms with Gasteiger partial charge in [0.15, 0.2) is 0 Å². The molecule has 0 bridgehead atoms. The molecule has 21 heavy (non-hydrogen) atoms. The average Bonchev–Trinajstić information content (AvgIpc) is 2.38. The van der Waals surface area contributed by atoms with E-state index >= 15 is 0 Å². The van der Waals surface area contributed by atoms with E-state index < -0.39 is 0 Å². The first kappa shape index (κ1) is 18.0. The number of rotatable bonds is 6. The molecular weight excluding hydrogens is 286 g/mol. The van der Waals surface area contributed by atoms with E-state index in [4.69, 9.17) is 16.7 Å². The van der Waals surface area contributed by atoms with Gasteiger partial charge in [-0.1, -0.05) is 44.5 Å². The van der Waals surface area contributed by atoms with Crippen molar-refractivity contribution in [2.75, 3.05) is 6.61 Å². The minimum Gasteiger partial charge on any atom is -0.396 e. The maximum atomic E-state index is 12.1. The van der Waals surface area contributed by atoms with E-state index in [-0.39, 0.29) is 24.0 Å². The van der Waals surface area contributed by atoms with Crippen molar-refractivity contribution in [3.8, 4) is 0 Å². The van der Waals surface area contributed by atoms with Crippen molar-refractivity contribution in [3.63, 3.8) is 0 Å². The van der Waals surface area contributed by atoms with Crippen molar-refractivity contribution in [2.24, 2.45) is 5.41 Å². The van der Waals surface area contributed by atoms with Crippen molar-refractivity contribution in [1.29, 1.82) is 0 Å². The Labute approximate surface area is 132 Å². The van der Waals surface area contributed by atoms with E-state index in [1.807, 2.05) is 25.1 Å². The zero-order valence-corrected chi connectivity index (χ0v) is 14.1. The summed E-state index contributed by atoms with van der Waals surface area (Å²) < 4.78 is 0. The predicted molar refractivity (Wildman–Crippen MR) is 87.6 cm³/mol. The van der Waals surface area contributed by atoms with Gasteiger partial charge in [0.25, 0.3) is 0 Å². The number of hydrogen-bond acceptors (Lipinski definition) is 2. The first-order chi connectivity index (χ1) is 9.74. The number of hydrogen-bond donors (Lipinski definition) is 2. The molecular formula is C17H26ClNO2. The molecule has 1 aromatic rings. The summed E-state index contributed by atoms with van der Waals surface area (Å²) in [6.45, 7) is 8.23. The summed E-state index contributed by atoms with van der Waals surface area (Å²) in [6.07, 6.45) is 1.67. The number of carbonyl (C=O) groups is 1. The molecule has 2 N–H and O–H groups in total. The number of carbonyl (C=O) groups excluding carboxylic acids is 1. The van der Waals surface area contributed by atoms with Crippen LogP contribution < -0.4 is 5.32 Å². The van der Waals surface area contributed by atoms with E-state index in [0.29, 0.717) is 19.3 Å². The summed E-state index contributed by atoms with van der Waals surface area (Å²) in [5.41, 5.74) is 2.04. The normalized spacial score (nSPS) is 13.0. The van der Waals surface area contributed by atoms with Gasteiger partial charge in [-0.15, -0.1) is 0 Å². The Balaban J connectivity index is 2.54. The van der Waals surface area contributed by atoms with E-state index in [0.717, 1.165) is 16.1 Å². The summed E-state index contributed by atoms with van der Waals surface area (Å²) in [7, 11) is 0. The van der Waals surface area contributed by atoms with Gasteiger partial charge in [0.2, 0.25) is 5.91 Å². The summed E-state index contributed by atoms with van der Waals surface area (Å²) >= 11 is 6.09. The zero-order chi connectivity index (χ0) is 16.0. The second-order valence-electron chi connectivity index (χ2n) is 6.58. The molecule has 0 heterocycles. The zero-order valence-electron chi connectivity index (χ0n) is 13.4. The van der Waals surface area contributed by atoms with E-state index in [2.05, 4.69) is 26.1 Å². The average molecular weight is 312 g/mol. The predicted octanol–water partition coefficient (Wildman–Crippen LogP) is 3.49. The SMILES string of the molecule is Cc1ccc(CCC(=O)NC(CCO)C(C)(C)C)cc1Cl. The van der Waals surface area contributed by atoms with Gasteiger partial charge in [0, 0.05) is 24.1 Å². The van der Waals surface area contributed by atoms with Gasteiger partial charge < -0.3 is 10.4 Å². The molecule has 0 aliphatic carbocycles. The van der Waals surface area contributed by atoms with E-state index in [1.165, 1.54) is 0 Å². The molecule has 0 saturated heterocycles. The Morgan fingerprint density at radius 3 is 2.57 bits per heavy atom. The van der Waals surface area contributed by atoms with Crippen LogP contribution in [0, 0.1) is 12.3 Å². The highest BCUT2D eigenvalue weighted by Crippen LogP contribution is 2.22. The van der Waals surface area contributed by atoms with Crippen molar-refractivity contribution in [1.82, 2.24) is 5.32 Å². The van der Waals surface area contributed by atoms with Crippen molar-refractivity contribution < 1.29 is 9.90 Å². The van der Waals surface area contributed by atoms with E-state index in [9.17, 15) is 4.79 Å². The minimum absolute atomic E-state index is 0.0140. The molecule has 1 unspecified atom stereocenters. The molecule has 4 heteroatoms. The summed E-state index contributed by atoms with van der Waals surface area (Å²) in [5, 5.41) is 12.9. The fraction of sp³-hybridized carbons (Fsp3) is 0.588. The molecule has 0 aliphatic heterocycles. The van der Waals surface area contributed by atoms with Crippen LogP contribution in [0.5, 0.6) is 0 Å². The number of aliphatic hydroxyl groups is 1. The Bertz CT molecular complexity index is 480. The molecule has 0 aliphatic rings. The lowest BCUT2D eigenvalue weighted by Crippen LogP contribution is -2.44. The van der Waals surface area contributed by atoms with Gasteiger partial charge >= 0.3 is 0 Å². The lowest BCUT2D eigenvalue weighted by Gasteiger charge is -2.31. The number of benzene rings is 1. The Morgan fingerprint density at radius 1 is 1.38 bits per heavy atom. The molecule has 0 radical (unpaired) electrons. The van der Waals surface area contributed by atoms with Crippen molar-refractivity contribution in [3.05, 3.63) is 34.3 Å². The van der Waals surface area contributed by atoms with Gasteiger partial charge in [-0.25, -0.2) is 0 Å². The quantitative estimate of drug-likeness (QED) is 0.845. The van der Waals surface area contributed by atoms with Crippen LogP contribution in [-0.4, -0.2) is 23.7 Å². The minimum atomic E-state index is -0.0639. The molecule has 1 rings (SSSR count). The molecule has 0 saturated carbocycles. The van der Waals surface area contributed by atoms with Crippen LogP contribution in [-0.2, 0) is 11.2 Å². The smallest absolute Gasteiger partial charge is 0.220 e. The van der Waals surface area contributed by atoms with Crippen molar-refractivity contribution in [2.45, 2.75) is 53.0 Å². The highest BCUT2D eigenvalue weighted by Gasteiger charge is 2.25. The molecule has 1 aromatic carbocycles. The van der Waals surface area contributed by atoms with Crippen molar-refractivity contribution >= 4 is 17.5 Å². The molecule has 1 amide bonds. The number of halogens is 1. The number of aryl methyl sites for hydroxylation is 2. The Morgan fingerprint density at radius 2 is 2.05 bits per heavy atom. The lowest BCUT2D eigenvalue weighted by atomic mass is 9.85. The van der Waals surface area contributed by atoms with Crippen LogP contribution >= 0.6 is 11.6 Å². The summed E-state index contributed by atoms with van der Waals surface area (Å²) in [4.78, 5) is 12.1. The van der Waals surface area contributed by atoms with Crippen LogP contribution in [0.25, 0.3) is 0 Å². The fourth-order valence-electron chi connectivity index (χ4n) is 2.17. The van der Waals surface area contributed by atoms with Crippen LogP contribution in [0.1, 0.15) is 44.7 Å². The topological polar surface area (TPSA) is 49.3 Å². The lowest BCUT2D eigenvalue weighted by molar-refractivity contribution is -0.122. The maximum absolute atomic E-state index is 12.1. The van der Waals surface area contributed by atoms with Gasteiger partial charge in [0.05, 0.1) is 0 Å². The second-order valence-corrected chi connectivity index (χ2v) is 6.99. The van der Waals surface area contributed by atoms with E-state index in [1.54, 1.807) is 0 Å². The number of amides is 1. The fourth-order valence-corrected chi connectivity index (χ4v) is 2.37. The maximum Gasteiger partial charge on any atom is 0.220 e. The Kier molecular flexibility index (Phi) is 6.69. The Hall–Kier alpha value is -1.06. The highest BCUT2D eigenvalue weighted by atomic mass is 35.5.